The molecule has 0 unspecified atom stereocenters. The predicted molar refractivity (Wildman–Crippen MR) is 59.7 cm³/mol. The molecule has 0 heterocycles. The maximum Gasteiger partial charge on any atom is 0.331 e. The van der Waals surface area contributed by atoms with E-state index < -0.39 is 0 Å². The van der Waals surface area contributed by atoms with Crippen molar-refractivity contribution in [2.75, 3.05) is 26.9 Å². The first-order valence-electron chi connectivity index (χ1n) is 5.48. The highest BCUT2D eigenvalue weighted by atomic mass is 16.6. The zero-order valence-corrected chi connectivity index (χ0v) is 10.1. The van der Waals surface area contributed by atoms with Crippen molar-refractivity contribution in [3.63, 3.8) is 0 Å². The van der Waals surface area contributed by atoms with Gasteiger partial charge in [-0.15, -0.1) is 0 Å². The van der Waals surface area contributed by atoms with Gasteiger partial charge >= 0.3 is 5.97 Å². The second-order valence-electron chi connectivity index (χ2n) is 3.06. The second kappa shape index (κ2) is 15.8. The summed E-state index contributed by atoms with van der Waals surface area (Å²) in [5.74, 6) is -0.309. The van der Waals surface area contributed by atoms with Crippen molar-refractivity contribution in [1.82, 2.24) is 0 Å². The molecule has 0 amide bonds. The Morgan fingerprint density at radius 1 is 1.20 bits per heavy atom. The van der Waals surface area contributed by atoms with Gasteiger partial charge in [0.1, 0.15) is 6.61 Å². The molecule has 1 N–H and O–H groups in total. The van der Waals surface area contributed by atoms with Crippen molar-refractivity contribution < 1.29 is 19.4 Å². The van der Waals surface area contributed by atoms with E-state index in [1.54, 1.807) is 0 Å². The molecule has 0 aliphatic rings. The Morgan fingerprint density at radius 2 is 1.80 bits per heavy atom. The molecule has 0 aliphatic carbocycles. The number of aliphatic hydroxyl groups is 1. The Labute approximate surface area is 92.6 Å². The summed E-state index contributed by atoms with van der Waals surface area (Å²) >= 11 is 0. The summed E-state index contributed by atoms with van der Waals surface area (Å²) in [5.41, 5.74) is 0. The fraction of sp³-hybridized carbons (Fsp3) is 0.909. The van der Waals surface area contributed by atoms with Gasteiger partial charge in [-0.1, -0.05) is 26.7 Å². The summed E-state index contributed by atoms with van der Waals surface area (Å²) in [6.07, 6.45) is 4.12. The molecule has 4 heteroatoms. The monoisotopic (exact) mass is 220 g/mol. The molecule has 0 rings (SSSR count). The highest BCUT2D eigenvalue weighted by Gasteiger charge is 1.97. The number of hydrogen-bond donors (Lipinski definition) is 1. The third-order valence-electron chi connectivity index (χ3n) is 1.60. The molecule has 0 fully saturated rings. The number of unbranched alkanes of at least 4 members (excludes halogenated alkanes) is 2. The van der Waals surface area contributed by atoms with Crippen LogP contribution in [-0.2, 0) is 14.3 Å². The molecular formula is C11H24O4. The van der Waals surface area contributed by atoms with E-state index in [1.807, 2.05) is 0 Å². The Balaban J connectivity index is 0. The Bertz CT molecular complexity index is 124. The topological polar surface area (TPSA) is 55.8 Å². The lowest BCUT2D eigenvalue weighted by Crippen LogP contribution is -2.10. The number of carbonyl (C=O) groups excluding carboxylic acids is 1. The summed E-state index contributed by atoms with van der Waals surface area (Å²) < 4.78 is 9.32. The van der Waals surface area contributed by atoms with Gasteiger partial charge in [-0.25, -0.2) is 4.79 Å². The van der Waals surface area contributed by atoms with Crippen molar-refractivity contribution in [3.05, 3.63) is 0 Å². The van der Waals surface area contributed by atoms with E-state index in [2.05, 4.69) is 18.6 Å². The van der Waals surface area contributed by atoms with Crippen LogP contribution in [0.3, 0.4) is 0 Å². The Morgan fingerprint density at radius 3 is 2.13 bits per heavy atom. The van der Waals surface area contributed by atoms with Crippen LogP contribution in [0.15, 0.2) is 0 Å². The lowest BCUT2D eigenvalue weighted by atomic mass is 10.4. The normalized spacial score (nSPS) is 9.07. The first-order chi connectivity index (χ1) is 7.22. The van der Waals surface area contributed by atoms with Crippen molar-refractivity contribution in [1.29, 1.82) is 0 Å². The first-order valence-corrected chi connectivity index (χ1v) is 5.48. The van der Waals surface area contributed by atoms with Crippen LogP contribution in [-0.4, -0.2) is 38.0 Å². The number of aliphatic hydroxyl groups excluding tert-OH is 1. The molecule has 0 radical (unpaired) electrons. The van der Waals surface area contributed by atoms with Crippen LogP contribution >= 0.6 is 0 Å². The number of esters is 1. The fourth-order valence-corrected chi connectivity index (χ4v) is 0.619. The van der Waals surface area contributed by atoms with Gasteiger partial charge in [0.15, 0.2) is 0 Å². The minimum atomic E-state index is -0.309. The number of carbonyl (C=O) groups is 1. The van der Waals surface area contributed by atoms with Gasteiger partial charge in [-0.3, -0.25) is 0 Å². The molecular weight excluding hydrogens is 196 g/mol. The average molecular weight is 220 g/mol. The molecule has 15 heavy (non-hydrogen) atoms. The smallest absolute Gasteiger partial charge is 0.331 e. The van der Waals surface area contributed by atoms with Crippen molar-refractivity contribution in [2.24, 2.45) is 0 Å². The molecule has 0 aromatic heterocycles. The van der Waals surface area contributed by atoms with Gasteiger partial charge in [-0.2, -0.15) is 0 Å². The number of ether oxygens (including phenoxy) is 2. The summed E-state index contributed by atoms with van der Waals surface area (Å²) in [4.78, 5) is 10.4. The zero-order valence-electron chi connectivity index (χ0n) is 10.1. The van der Waals surface area contributed by atoms with Gasteiger partial charge in [0.2, 0.25) is 0 Å². The van der Waals surface area contributed by atoms with Crippen LogP contribution in [0, 0.1) is 0 Å². The Kier molecular flexibility index (Phi) is 17.8. The minimum Gasteiger partial charge on any atom is -0.467 e. The van der Waals surface area contributed by atoms with Crippen LogP contribution in [0.2, 0.25) is 0 Å². The largest absolute Gasteiger partial charge is 0.467 e. The quantitative estimate of drug-likeness (QED) is 0.524. The van der Waals surface area contributed by atoms with Crippen molar-refractivity contribution >= 4 is 5.97 Å². The van der Waals surface area contributed by atoms with Gasteiger partial charge < -0.3 is 14.6 Å². The molecule has 0 saturated carbocycles. The van der Waals surface area contributed by atoms with E-state index in [0.29, 0.717) is 13.2 Å². The molecule has 0 aromatic carbocycles. The molecule has 92 valence electrons. The number of methoxy groups -OCH3 is 1. The maximum atomic E-state index is 10.4. The molecule has 0 bridgehead atoms. The van der Waals surface area contributed by atoms with Gasteiger partial charge in [0, 0.05) is 13.2 Å². The van der Waals surface area contributed by atoms with E-state index in [9.17, 15) is 4.79 Å². The third kappa shape index (κ3) is 19.7. The van der Waals surface area contributed by atoms with E-state index in [4.69, 9.17) is 9.84 Å². The minimum absolute atomic E-state index is 0.0799. The number of rotatable bonds is 7. The summed E-state index contributed by atoms with van der Waals surface area (Å²) in [7, 11) is 1.35. The Hall–Kier alpha value is -0.610. The SMILES string of the molecule is CCCCO.CCCCOCC(=O)OC. The molecule has 0 aromatic rings. The highest BCUT2D eigenvalue weighted by molar-refractivity contribution is 5.70. The van der Waals surface area contributed by atoms with Crippen molar-refractivity contribution in [3.8, 4) is 0 Å². The summed E-state index contributed by atoms with van der Waals surface area (Å²) in [5, 5.41) is 8.07. The van der Waals surface area contributed by atoms with Gasteiger partial charge in [-0.05, 0) is 12.8 Å². The fourth-order valence-electron chi connectivity index (χ4n) is 0.619. The standard InChI is InChI=1S/C7H14O3.C4H10O/c1-3-4-5-10-6-7(8)9-2;1-2-3-4-5/h3-6H2,1-2H3;5H,2-4H2,1H3. The molecule has 0 saturated heterocycles. The summed E-state index contributed by atoms with van der Waals surface area (Å²) in [6.45, 7) is 5.19. The molecule has 0 aliphatic heterocycles. The maximum absolute atomic E-state index is 10.4. The van der Waals surface area contributed by atoms with E-state index in [0.717, 1.165) is 25.7 Å². The van der Waals surface area contributed by atoms with Gasteiger partial charge in [0.25, 0.3) is 0 Å². The van der Waals surface area contributed by atoms with Crippen LogP contribution in [0.5, 0.6) is 0 Å². The van der Waals surface area contributed by atoms with Crippen LogP contribution in [0.25, 0.3) is 0 Å². The highest BCUT2D eigenvalue weighted by Crippen LogP contribution is 1.87. The average Bonchev–Trinajstić information content (AvgIpc) is 2.26. The molecule has 0 atom stereocenters. The van der Waals surface area contributed by atoms with E-state index >= 15 is 0 Å². The van der Waals surface area contributed by atoms with E-state index in [-0.39, 0.29) is 12.6 Å². The lowest BCUT2D eigenvalue weighted by Gasteiger charge is -1.99. The first kappa shape index (κ1) is 16.8. The molecule has 0 spiro atoms. The lowest BCUT2D eigenvalue weighted by molar-refractivity contribution is -0.145. The van der Waals surface area contributed by atoms with Crippen LogP contribution in [0.1, 0.15) is 39.5 Å². The van der Waals surface area contributed by atoms with Gasteiger partial charge in [0.05, 0.1) is 7.11 Å². The second-order valence-corrected chi connectivity index (χ2v) is 3.06. The van der Waals surface area contributed by atoms with Crippen molar-refractivity contribution in [2.45, 2.75) is 39.5 Å². The number of hydrogen-bond acceptors (Lipinski definition) is 4. The van der Waals surface area contributed by atoms with E-state index in [1.165, 1.54) is 7.11 Å². The summed E-state index contributed by atoms with van der Waals surface area (Å²) in [6, 6.07) is 0. The third-order valence-corrected chi connectivity index (χ3v) is 1.60. The van der Waals surface area contributed by atoms with Crippen LogP contribution < -0.4 is 0 Å². The molecule has 4 nitrogen and oxygen atoms in total. The zero-order chi connectivity index (χ0) is 11.9. The van der Waals surface area contributed by atoms with Crippen LogP contribution in [0.4, 0.5) is 0 Å². The predicted octanol–water partition coefficient (Wildman–Crippen LogP) is 1.75.